The first kappa shape index (κ1) is 11.5. The number of hydrogen-bond donors (Lipinski definition) is 1. The summed E-state index contributed by atoms with van der Waals surface area (Å²) in [6.07, 6.45) is 4.39. The molecule has 1 unspecified atom stereocenters. The van der Waals surface area contributed by atoms with Gasteiger partial charge in [-0.15, -0.1) is 0 Å². The summed E-state index contributed by atoms with van der Waals surface area (Å²) in [4.78, 5) is 22.4. The average Bonchev–Trinajstić information content (AvgIpc) is 2.16. The van der Waals surface area contributed by atoms with Crippen LogP contribution in [0.1, 0.15) is 19.8 Å². The van der Waals surface area contributed by atoms with Crippen molar-refractivity contribution < 1.29 is 19.4 Å². The van der Waals surface area contributed by atoms with Crippen molar-refractivity contribution in [3.8, 4) is 0 Å². The van der Waals surface area contributed by atoms with Crippen molar-refractivity contribution in [3.05, 3.63) is 24.5 Å². The molecule has 0 aromatic carbocycles. The molecule has 1 aliphatic carbocycles. The first-order valence-corrected chi connectivity index (χ1v) is 4.77. The van der Waals surface area contributed by atoms with Gasteiger partial charge in [0.05, 0.1) is 17.6 Å². The minimum Gasteiger partial charge on any atom is -0.481 e. The Morgan fingerprint density at radius 3 is 2.33 bits per heavy atom. The van der Waals surface area contributed by atoms with Crippen LogP contribution in [0.2, 0.25) is 0 Å². The van der Waals surface area contributed by atoms with E-state index in [9.17, 15) is 9.59 Å². The number of aliphatic carboxylic acids is 1. The van der Waals surface area contributed by atoms with Crippen LogP contribution in [0, 0.1) is 11.8 Å². The van der Waals surface area contributed by atoms with E-state index in [-0.39, 0.29) is 0 Å². The van der Waals surface area contributed by atoms with Gasteiger partial charge < -0.3 is 9.84 Å². The molecular weight excluding hydrogens is 196 g/mol. The van der Waals surface area contributed by atoms with Crippen LogP contribution in [0.5, 0.6) is 0 Å². The highest BCUT2D eigenvalue weighted by atomic mass is 16.5. The van der Waals surface area contributed by atoms with E-state index in [0.717, 1.165) is 0 Å². The number of allylic oxidation sites excluding steroid dienone is 3. The number of carboxylic acids is 1. The number of carbonyl (C=O) groups excluding carboxylic acids is 1. The molecule has 0 spiro atoms. The maximum absolute atomic E-state index is 11.5. The average molecular weight is 210 g/mol. The Balaban J connectivity index is 2.73. The Morgan fingerprint density at radius 2 is 1.87 bits per heavy atom. The normalized spacial score (nSPS) is 24.6. The van der Waals surface area contributed by atoms with Gasteiger partial charge in [0.25, 0.3) is 0 Å². The van der Waals surface area contributed by atoms with Gasteiger partial charge in [-0.1, -0.05) is 18.7 Å². The second-order valence-corrected chi connectivity index (χ2v) is 3.62. The first-order valence-electron chi connectivity index (χ1n) is 4.77. The molecule has 0 heterocycles. The number of carbonyl (C=O) groups is 2. The van der Waals surface area contributed by atoms with Gasteiger partial charge >= 0.3 is 11.9 Å². The van der Waals surface area contributed by atoms with Gasteiger partial charge in [-0.3, -0.25) is 9.59 Å². The van der Waals surface area contributed by atoms with Gasteiger partial charge in [-0.05, 0) is 19.8 Å². The fourth-order valence-electron chi connectivity index (χ4n) is 1.60. The molecule has 0 bridgehead atoms. The lowest BCUT2D eigenvalue weighted by molar-refractivity contribution is -0.155. The highest BCUT2D eigenvalue weighted by Gasteiger charge is 2.35. The van der Waals surface area contributed by atoms with E-state index in [1.165, 1.54) is 0 Å². The largest absolute Gasteiger partial charge is 0.481 e. The van der Waals surface area contributed by atoms with E-state index in [4.69, 9.17) is 9.84 Å². The second-order valence-electron chi connectivity index (χ2n) is 3.62. The lowest BCUT2D eigenvalue weighted by Gasteiger charge is -2.23. The van der Waals surface area contributed by atoms with Crippen molar-refractivity contribution in [1.82, 2.24) is 0 Å². The second kappa shape index (κ2) is 4.77. The molecule has 2 atom stereocenters. The van der Waals surface area contributed by atoms with E-state index in [1.54, 1.807) is 13.0 Å². The summed E-state index contributed by atoms with van der Waals surface area (Å²) < 4.78 is 4.84. The molecule has 15 heavy (non-hydrogen) atoms. The van der Waals surface area contributed by atoms with E-state index in [2.05, 4.69) is 6.58 Å². The zero-order valence-corrected chi connectivity index (χ0v) is 8.60. The minimum absolute atomic E-state index is 0.290. The maximum Gasteiger partial charge on any atom is 0.315 e. The van der Waals surface area contributed by atoms with E-state index < -0.39 is 23.8 Å². The summed E-state index contributed by atoms with van der Waals surface area (Å²) in [5.74, 6) is -2.44. The van der Waals surface area contributed by atoms with Crippen LogP contribution in [0.4, 0.5) is 0 Å². The van der Waals surface area contributed by atoms with Crippen LogP contribution in [0.25, 0.3) is 0 Å². The molecule has 0 radical (unpaired) electrons. The van der Waals surface area contributed by atoms with Crippen molar-refractivity contribution in [2.45, 2.75) is 19.8 Å². The third kappa shape index (κ3) is 2.94. The fraction of sp³-hybridized carbons (Fsp3) is 0.455. The summed E-state index contributed by atoms with van der Waals surface area (Å²) in [5.41, 5.74) is 0. The van der Waals surface area contributed by atoms with E-state index >= 15 is 0 Å². The van der Waals surface area contributed by atoms with Gasteiger partial charge in [-0.25, -0.2) is 0 Å². The smallest absolute Gasteiger partial charge is 0.315 e. The molecule has 0 saturated heterocycles. The Labute approximate surface area is 88.2 Å². The topological polar surface area (TPSA) is 63.6 Å². The fourth-order valence-corrected chi connectivity index (χ4v) is 1.60. The number of esters is 1. The number of rotatable bonds is 3. The number of ether oxygens (including phenoxy) is 1. The van der Waals surface area contributed by atoms with Crippen molar-refractivity contribution in [1.29, 1.82) is 0 Å². The van der Waals surface area contributed by atoms with Gasteiger partial charge in [0.2, 0.25) is 0 Å². The zero-order chi connectivity index (χ0) is 11.4. The van der Waals surface area contributed by atoms with Crippen LogP contribution >= 0.6 is 0 Å². The highest BCUT2D eigenvalue weighted by molar-refractivity contribution is 5.82. The van der Waals surface area contributed by atoms with Crippen LogP contribution in [-0.4, -0.2) is 17.0 Å². The molecule has 1 rings (SSSR count). The summed E-state index contributed by atoms with van der Waals surface area (Å²) in [5, 5.41) is 8.93. The Bertz CT molecular complexity index is 317. The van der Waals surface area contributed by atoms with Gasteiger partial charge in [0, 0.05) is 0 Å². The molecule has 0 aromatic heterocycles. The summed E-state index contributed by atoms with van der Waals surface area (Å²) in [6.45, 7) is 5.01. The van der Waals surface area contributed by atoms with Gasteiger partial charge in [0.15, 0.2) is 0 Å². The van der Waals surface area contributed by atoms with Crippen molar-refractivity contribution in [2.24, 2.45) is 11.8 Å². The van der Waals surface area contributed by atoms with Crippen LogP contribution < -0.4 is 0 Å². The molecule has 0 amide bonds. The summed E-state index contributed by atoms with van der Waals surface area (Å²) in [7, 11) is 0. The van der Waals surface area contributed by atoms with Gasteiger partial charge in [0.1, 0.15) is 0 Å². The molecule has 4 heteroatoms. The molecule has 82 valence electrons. The molecule has 4 nitrogen and oxygen atoms in total. The predicted octanol–water partition coefficient (Wildman–Crippen LogP) is 1.73. The lowest BCUT2D eigenvalue weighted by atomic mass is 9.83. The monoisotopic (exact) mass is 210 g/mol. The maximum atomic E-state index is 11.5. The van der Waals surface area contributed by atoms with Crippen LogP contribution in [0.3, 0.4) is 0 Å². The first-order chi connectivity index (χ1) is 7.02. The highest BCUT2D eigenvalue weighted by Crippen LogP contribution is 2.27. The minimum atomic E-state index is -0.956. The SMILES string of the molecule is C=C(C)OC(=O)C1CC=CC[C@@H]1C(=O)O. The predicted molar refractivity (Wildman–Crippen MR) is 53.9 cm³/mol. The van der Waals surface area contributed by atoms with Crippen LogP contribution in [-0.2, 0) is 14.3 Å². The third-order valence-corrected chi connectivity index (χ3v) is 2.33. The van der Waals surface area contributed by atoms with Crippen LogP contribution in [0.15, 0.2) is 24.5 Å². The third-order valence-electron chi connectivity index (χ3n) is 2.33. The van der Waals surface area contributed by atoms with E-state index in [1.807, 2.05) is 6.08 Å². The van der Waals surface area contributed by atoms with E-state index in [0.29, 0.717) is 18.6 Å². The van der Waals surface area contributed by atoms with Crippen molar-refractivity contribution >= 4 is 11.9 Å². The molecule has 0 saturated carbocycles. The quantitative estimate of drug-likeness (QED) is 0.437. The molecule has 1 N–H and O–H groups in total. The molecule has 0 aromatic rings. The summed E-state index contributed by atoms with van der Waals surface area (Å²) in [6, 6.07) is 0. The van der Waals surface area contributed by atoms with Gasteiger partial charge in [-0.2, -0.15) is 0 Å². The Hall–Kier alpha value is -1.58. The standard InChI is InChI=1S/C11H14O4/c1-7(2)15-11(14)9-6-4-3-5-8(9)10(12)13/h3-4,8-9H,1,5-6H2,2H3,(H,12,13)/t8-,9?/m0/s1. The molecule has 0 aliphatic heterocycles. The molecule has 0 fully saturated rings. The molecular formula is C11H14O4. The van der Waals surface area contributed by atoms with Crippen molar-refractivity contribution in [3.63, 3.8) is 0 Å². The number of hydrogen-bond acceptors (Lipinski definition) is 3. The summed E-state index contributed by atoms with van der Waals surface area (Å²) >= 11 is 0. The lowest BCUT2D eigenvalue weighted by Crippen LogP contribution is -2.32. The Morgan fingerprint density at radius 1 is 1.33 bits per heavy atom. The van der Waals surface area contributed by atoms with Crippen molar-refractivity contribution in [2.75, 3.05) is 0 Å². The Kier molecular flexibility index (Phi) is 3.66. The zero-order valence-electron chi connectivity index (χ0n) is 8.60. The number of carboxylic acid groups (broad SMARTS) is 1. The molecule has 1 aliphatic rings.